The minimum Gasteiger partial charge on any atom is -0.481 e. The van der Waals surface area contributed by atoms with Crippen LogP contribution in [0.15, 0.2) is 33.9 Å². The quantitative estimate of drug-likeness (QED) is 0.723. The van der Waals surface area contributed by atoms with Crippen molar-refractivity contribution in [1.82, 2.24) is 15.5 Å². The summed E-state index contributed by atoms with van der Waals surface area (Å²) in [5.41, 5.74) is -0.741. The van der Waals surface area contributed by atoms with Gasteiger partial charge in [-0.25, -0.2) is 4.39 Å². The van der Waals surface area contributed by atoms with Crippen LogP contribution in [-0.2, 0) is 4.79 Å². The third-order valence-electron chi connectivity index (χ3n) is 4.27. The lowest BCUT2D eigenvalue weighted by molar-refractivity contribution is -0.119. The average Bonchev–Trinajstić information content (AvgIpc) is 3.32. The third-order valence-corrected chi connectivity index (χ3v) is 5.09. The Labute approximate surface area is 160 Å². The van der Waals surface area contributed by atoms with Crippen LogP contribution in [0.25, 0.3) is 0 Å². The number of rotatable bonds is 7. The van der Waals surface area contributed by atoms with Gasteiger partial charge in [0.25, 0.3) is 11.1 Å². The summed E-state index contributed by atoms with van der Waals surface area (Å²) >= 11 is 1.10. The summed E-state index contributed by atoms with van der Waals surface area (Å²) < 4.78 is 24.1. The molecule has 142 valence electrons. The third kappa shape index (κ3) is 4.98. The normalized spacial score (nSPS) is 16.5. The second-order valence-electron chi connectivity index (χ2n) is 6.36. The van der Waals surface area contributed by atoms with Crippen LogP contribution in [0.1, 0.15) is 44.6 Å². The summed E-state index contributed by atoms with van der Waals surface area (Å²) in [5.74, 6) is 0.234. The monoisotopic (exact) mass is 390 g/mol. The molecule has 9 heteroatoms. The van der Waals surface area contributed by atoms with Crippen molar-refractivity contribution in [3.63, 3.8) is 0 Å². The molecule has 27 heavy (non-hydrogen) atoms. The van der Waals surface area contributed by atoms with Gasteiger partial charge in [0.05, 0.1) is 11.8 Å². The number of hydrogen-bond donors (Lipinski definition) is 1. The topological polar surface area (TPSA) is 101 Å². The molecule has 7 nitrogen and oxygen atoms in total. The molecule has 1 aliphatic rings. The molecule has 0 unspecified atom stereocenters. The number of benzene rings is 1. The number of nitriles is 1. The highest BCUT2D eigenvalue weighted by atomic mass is 32.2. The summed E-state index contributed by atoms with van der Waals surface area (Å²) in [5, 5.41) is 20.2. The Morgan fingerprint density at radius 1 is 1.41 bits per heavy atom. The number of hydrogen-bond acceptors (Lipinski definition) is 7. The molecule has 0 spiro atoms. The SMILES string of the molecule is C[C@@H](Oc1ccc(F)cc1)c1nnc(SCC(=O)NC2(C#N)CCCC2)o1. The standard InChI is InChI=1S/C18H19FN4O3S/c1-12(25-14-6-4-13(19)5-7-14)16-22-23-17(26-16)27-10-15(24)21-18(11-20)8-2-3-9-18/h4-7,12H,2-3,8-10H2,1H3,(H,21,24)/t12-/m1/s1. The van der Waals surface area contributed by atoms with Gasteiger partial charge >= 0.3 is 0 Å². The molecule has 1 atom stereocenters. The number of nitrogens with one attached hydrogen (secondary N) is 1. The van der Waals surface area contributed by atoms with Crippen molar-refractivity contribution in [3.05, 3.63) is 36.0 Å². The number of aromatic nitrogens is 2. The molecule has 0 aliphatic heterocycles. The molecule has 0 bridgehead atoms. The predicted octanol–water partition coefficient (Wildman–Crippen LogP) is 3.39. The van der Waals surface area contributed by atoms with Crippen LogP contribution in [0.4, 0.5) is 4.39 Å². The van der Waals surface area contributed by atoms with Crippen LogP contribution in [0.2, 0.25) is 0 Å². The van der Waals surface area contributed by atoms with E-state index in [0.29, 0.717) is 18.6 Å². The number of carbonyl (C=O) groups excluding carboxylic acids is 1. The number of carbonyl (C=O) groups is 1. The first-order chi connectivity index (χ1) is 13.0. The van der Waals surface area contributed by atoms with Crippen molar-refractivity contribution in [2.75, 3.05) is 5.75 Å². The first kappa shape index (κ1) is 19.2. The molecule has 1 aromatic heterocycles. The van der Waals surface area contributed by atoms with E-state index in [0.717, 1.165) is 24.6 Å². The molecule has 3 rings (SSSR count). The molecule has 1 saturated carbocycles. The molecule has 1 aliphatic carbocycles. The van der Waals surface area contributed by atoms with E-state index in [4.69, 9.17) is 9.15 Å². The van der Waals surface area contributed by atoms with E-state index in [1.165, 1.54) is 24.3 Å². The van der Waals surface area contributed by atoms with E-state index >= 15 is 0 Å². The van der Waals surface area contributed by atoms with Crippen LogP contribution in [-0.4, -0.2) is 27.4 Å². The van der Waals surface area contributed by atoms with Crippen molar-refractivity contribution in [3.8, 4) is 11.8 Å². The van der Waals surface area contributed by atoms with Crippen LogP contribution in [0, 0.1) is 17.1 Å². The second-order valence-corrected chi connectivity index (χ2v) is 7.28. The van der Waals surface area contributed by atoms with Gasteiger partial charge in [-0.3, -0.25) is 4.79 Å². The van der Waals surface area contributed by atoms with Gasteiger partial charge in [0.15, 0.2) is 6.10 Å². The number of thioether (sulfide) groups is 1. The highest BCUT2D eigenvalue weighted by Crippen LogP contribution is 2.29. The highest BCUT2D eigenvalue weighted by molar-refractivity contribution is 7.99. The van der Waals surface area contributed by atoms with Gasteiger partial charge in [-0.1, -0.05) is 11.8 Å². The fourth-order valence-electron chi connectivity index (χ4n) is 2.88. The molecular formula is C18H19FN4O3S. The maximum atomic E-state index is 12.9. The molecular weight excluding hydrogens is 371 g/mol. The summed E-state index contributed by atoms with van der Waals surface area (Å²) in [6.45, 7) is 1.73. The first-order valence-corrected chi connectivity index (χ1v) is 9.59. The zero-order valence-corrected chi connectivity index (χ0v) is 15.6. The van der Waals surface area contributed by atoms with Crippen LogP contribution in [0.3, 0.4) is 0 Å². The molecule has 1 aromatic carbocycles. The van der Waals surface area contributed by atoms with Crippen molar-refractivity contribution < 1.29 is 18.3 Å². The lowest BCUT2D eigenvalue weighted by atomic mass is 10.0. The largest absolute Gasteiger partial charge is 0.481 e. The second kappa shape index (κ2) is 8.39. The van der Waals surface area contributed by atoms with E-state index in [2.05, 4.69) is 21.6 Å². The maximum Gasteiger partial charge on any atom is 0.277 e. The van der Waals surface area contributed by atoms with Gasteiger partial charge in [0, 0.05) is 0 Å². The van der Waals surface area contributed by atoms with Crippen molar-refractivity contribution in [1.29, 1.82) is 5.26 Å². The molecule has 2 aromatic rings. The number of ether oxygens (including phenoxy) is 1. The Morgan fingerprint density at radius 2 is 2.11 bits per heavy atom. The highest BCUT2D eigenvalue weighted by Gasteiger charge is 2.35. The Hall–Kier alpha value is -2.60. The van der Waals surface area contributed by atoms with E-state index < -0.39 is 11.6 Å². The molecule has 0 radical (unpaired) electrons. The molecule has 1 fully saturated rings. The van der Waals surface area contributed by atoms with Crippen LogP contribution < -0.4 is 10.1 Å². The fourth-order valence-corrected chi connectivity index (χ4v) is 3.45. The smallest absolute Gasteiger partial charge is 0.277 e. The summed E-state index contributed by atoms with van der Waals surface area (Å²) in [6, 6.07) is 7.84. The lowest BCUT2D eigenvalue weighted by Gasteiger charge is -2.21. The Bertz CT molecular complexity index is 828. The van der Waals surface area contributed by atoms with Crippen molar-refractivity contribution in [2.45, 2.75) is 49.5 Å². The van der Waals surface area contributed by atoms with Gasteiger partial charge < -0.3 is 14.5 Å². The molecule has 0 saturated heterocycles. The van der Waals surface area contributed by atoms with Crippen LogP contribution >= 0.6 is 11.8 Å². The van der Waals surface area contributed by atoms with Crippen molar-refractivity contribution >= 4 is 17.7 Å². The predicted molar refractivity (Wildman–Crippen MR) is 95.4 cm³/mol. The maximum absolute atomic E-state index is 12.9. The lowest BCUT2D eigenvalue weighted by Crippen LogP contribution is -2.45. The minimum absolute atomic E-state index is 0.0816. The zero-order valence-electron chi connectivity index (χ0n) is 14.8. The first-order valence-electron chi connectivity index (χ1n) is 8.60. The Morgan fingerprint density at radius 3 is 2.78 bits per heavy atom. The van der Waals surface area contributed by atoms with Gasteiger partial charge in [-0.15, -0.1) is 10.2 Å². The van der Waals surface area contributed by atoms with E-state index in [-0.39, 0.29) is 28.6 Å². The van der Waals surface area contributed by atoms with Gasteiger partial charge in [-0.05, 0) is 56.9 Å². The van der Waals surface area contributed by atoms with Gasteiger partial charge in [0.2, 0.25) is 5.91 Å². The summed E-state index contributed by atoms with van der Waals surface area (Å²) in [6.07, 6.45) is 2.73. The van der Waals surface area contributed by atoms with Crippen LogP contribution in [0.5, 0.6) is 5.75 Å². The van der Waals surface area contributed by atoms with Gasteiger partial charge in [0.1, 0.15) is 17.1 Å². The fraction of sp³-hybridized carbons (Fsp3) is 0.444. The summed E-state index contributed by atoms with van der Waals surface area (Å²) in [7, 11) is 0. The van der Waals surface area contributed by atoms with Gasteiger partial charge in [-0.2, -0.15) is 5.26 Å². The summed E-state index contributed by atoms with van der Waals surface area (Å²) in [4.78, 5) is 12.1. The Balaban J connectivity index is 1.51. The van der Waals surface area contributed by atoms with E-state index in [9.17, 15) is 14.4 Å². The van der Waals surface area contributed by atoms with Crippen molar-refractivity contribution in [2.24, 2.45) is 0 Å². The minimum atomic E-state index is -0.741. The number of amides is 1. The average molecular weight is 390 g/mol. The number of halogens is 1. The number of nitrogens with zero attached hydrogens (tertiary/aromatic N) is 3. The Kier molecular flexibility index (Phi) is 5.96. The molecule has 1 heterocycles. The molecule has 1 amide bonds. The zero-order chi connectivity index (χ0) is 19.3. The molecule has 1 N–H and O–H groups in total. The van der Waals surface area contributed by atoms with E-state index in [1.54, 1.807) is 6.92 Å². The van der Waals surface area contributed by atoms with E-state index in [1.807, 2.05) is 0 Å².